The van der Waals surface area contributed by atoms with E-state index in [1.807, 2.05) is 26.0 Å². The summed E-state index contributed by atoms with van der Waals surface area (Å²) < 4.78 is 0. The van der Waals surface area contributed by atoms with E-state index in [1.165, 1.54) is 18.3 Å². The average molecular weight is 303 g/mol. The van der Waals surface area contributed by atoms with E-state index in [-0.39, 0.29) is 18.2 Å². The third-order valence-electron chi connectivity index (χ3n) is 2.91. The third-order valence-corrected chi connectivity index (χ3v) is 3.90. The SMILES string of the molecule is CC(=O)Nc1ccc(CC(=O)Nc2nc(C)c(C)s2)cc1. The molecule has 0 aliphatic rings. The van der Waals surface area contributed by atoms with Crippen molar-refractivity contribution in [3.8, 4) is 0 Å². The Bertz CT molecular complexity index is 643. The van der Waals surface area contributed by atoms with Crippen LogP contribution in [0.25, 0.3) is 0 Å². The lowest BCUT2D eigenvalue weighted by Gasteiger charge is -2.05. The number of thiazole rings is 1. The third kappa shape index (κ3) is 4.39. The van der Waals surface area contributed by atoms with Crippen molar-refractivity contribution >= 4 is 34.0 Å². The molecule has 2 N–H and O–H groups in total. The van der Waals surface area contributed by atoms with Gasteiger partial charge in [-0.1, -0.05) is 12.1 Å². The van der Waals surface area contributed by atoms with Crippen LogP contribution in [0.15, 0.2) is 24.3 Å². The van der Waals surface area contributed by atoms with E-state index in [9.17, 15) is 9.59 Å². The normalized spacial score (nSPS) is 10.2. The minimum atomic E-state index is -0.116. The maximum Gasteiger partial charge on any atom is 0.230 e. The number of hydrogen-bond acceptors (Lipinski definition) is 4. The first-order chi connectivity index (χ1) is 9.94. The number of carbonyl (C=O) groups excluding carboxylic acids is 2. The van der Waals surface area contributed by atoms with Crippen LogP contribution in [0.3, 0.4) is 0 Å². The zero-order valence-corrected chi connectivity index (χ0v) is 13.0. The number of carbonyl (C=O) groups is 2. The average Bonchev–Trinajstić information content (AvgIpc) is 2.70. The van der Waals surface area contributed by atoms with Crippen molar-refractivity contribution in [1.82, 2.24) is 4.98 Å². The van der Waals surface area contributed by atoms with E-state index in [0.29, 0.717) is 5.13 Å². The van der Waals surface area contributed by atoms with E-state index in [0.717, 1.165) is 21.8 Å². The summed E-state index contributed by atoms with van der Waals surface area (Å²) in [5.74, 6) is -0.217. The van der Waals surface area contributed by atoms with Crippen LogP contribution in [0, 0.1) is 13.8 Å². The Morgan fingerprint density at radius 1 is 1.14 bits per heavy atom. The molecule has 2 amide bonds. The highest BCUT2D eigenvalue weighted by molar-refractivity contribution is 7.15. The summed E-state index contributed by atoms with van der Waals surface area (Å²) in [7, 11) is 0. The van der Waals surface area contributed by atoms with Gasteiger partial charge in [-0.05, 0) is 31.5 Å². The summed E-state index contributed by atoms with van der Waals surface area (Å²) in [6.45, 7) is 5.35. The van der Waals surface area contributed by atoms with Gasteiger partial charge in [-0.3, -0.25) is 9.59 Å². The topological polar surface area (TPSA) is 71.1 Å². The van der Waals surface area contributed by atoms with Crippen molar-refractivity contribution in [2.24, 2.45) is 0 Å². The van der Waals surface area contributed by atoms with Gasteiger partial charge in [-0.25, -0.2) is 4.98 Å². The van der Waals surface area contributed by atoms with Gasteiger partial charge in [0.25, 0.3) is 0 Å². The molecule has 0 radical (unpaired) electrons. The second-order valence-corrected chi connectivity index (χ2v) is 5.97. The Kier molecular flexibility index (Phi) is 4.70. The fourth-order valence-corrected chi connectivity index (χ4v) is 2.62. The van der Waals surface area contributed by atoms with Gasteiger partial charge in [0.2, 0.25) is 11.8 Å². The molecular formula is C15H17N3O2S. The Labute approximate surface area is 127 Å². The molecule has 0 saturated carbocycles. The van der Waals surface area contributed by atoms with E-state index < -0.39 is 0 Å². The van der Waals surface area contributed by atoms with Gasteiger partial charge >= 0.3 is 0 Å². The highest BCUT2D eigenvalue weighted by Crippen LogP contribution is 2.21. The van der Waals surface area contributed by atoms with Gasteiger partial charge in [0.05, 0.1) is 12.1 Å². The van der Waals surface area contributed by atoms with Crippen LogP contribution in [0.2, 0.25) is 0 Å². The molecule has 1 aromatic carbocycles. The lowest BCUT2D eigenvalue weighted by Crippen LogP contribution is -2.14. The van der Waals surface area contributed by atoms with E-state index in [4.69, 9.17) is 0 Å². The summed E-state index contributed by atoms with van der Waals surface area (Å²) in [6, 6.07) is 7.20. The number of nitrogens with one attached hydrogen (secondary N) is 2. The summed E-state index contributed by atoms with van der Waals surface area (Å²) in [6.07, 6.45) is 0.276. The number of rotatable bonds is 4. The van der Waals surface area contributed by atoms with E-state index >= 15 is 0 Å². The molecule has 0 aliphatic heterocycles. The molecule has 5 nitrogen and oxygen atoms in total. The quantitative estimate of drug-likeness (QED) is 0.912. The highest BCUT2D eigenvalue weighted by Gasteiger charge is 2.08. The number of aryl methyl sites for hydroxylation is 2. The zero-order valence-electron chi connectivity index (χ0n) is 12.2. The number of nitrogens with zero attached hydrogens (tertiary/aromatic N) is 1. The second kappa shape index (κ2) is 6.49. The summed E-state index contributed by atoms with van der Waals surface area (Å²) in [5, 5.41) is 6.11. The van der Waals surface area contributed by atoms with Crippen molar-refractivity contribution in [2.75, 3.05) is 10.6 Å². The van der Waals surface area contributed by atoms with Crippen LogP contribution in [0.1, 0.15) is 23.1 Å². The summed E-state index contributed by atoms with van der Waals surface area (Å²) >= 11 is 1.47. The Hall–Kier alpha value is -2.21. The van der Waals surface area contributed by atoms with Crippen molar-refractivity contribution in [3.05, 3.63) is 40.4 Å². The van der Waals surface area contributed by atoms with Crippen molar-refractivity contribution in [3.63, 3.8) is 0 Å². The molecule has 0 spiro atoms. The lowest BCUT2D eigenvalue weighted by atomic mass is 10.1. The molecule has 0 atom stereocenters. The van der Waals surface area contributed by atoms with Crippen LogP contribution < -0.4 is 10.6 Å². The smallest absolute Gasteiger partial charge is 0.230 e. The van der Waals surface area contributed by atoms with Gasteiger partial charge in [-0.2, -0.15) is 0 Å². The number of anilines is 2. The van der Waals surface area contributed by atoms with Crippen LogP contribution in [0.5, 0.6) is 0 Å². The summed E-state index contributed by atoms with van der Waals surface area (Å²) in [5.41, 5.74) is 2.54. The molecule has 0 saturated heterocycles. The molecule has 2 aromatic rings. The van der Waals surface area contributed by atoms with Crippen LogP contribution in [-0.2, 0) is 16.0 Å². The van der Waals surface area contributed by atoms with Crippen LogP contribution >= 0.6 is 11.3 Å². The molecular weight excluding hydrogens is 286 g/mol. The number of aromatic nitrogens is 1. The largest absolute Gasteiger partial charge is 0.326 e. The highest BCUT2D eigenvalue weighted by atomic mass is 32.1. The first kappa shape index (κ1) is 15.2. The van der Waals surface area contributed by atoms with Crippen LogP contribution in [-0.4, -0.2) is 16.8 Å². The molecule has 0 aliphatic carbocycles. The summed E-state index contributed by atoms with van der Waals surface area (Å²) in [4.78, 5) is 28.3. The number of hydrogen-bond donors (Lipinski definition) is 2. The van der Waals surface area contributed by atoms with Gasteiger partial charge in [0.15, 0.2) is 5.13 Å². The lowest BCUT2D eigenvalue weighted by molar-refractivity contribution is -0.116. The standard InChI is InChI=1S/C15H17N3O2S/c1-9-10(2)21-15(16-9)18-14(20)8-12-4-6-13(7-5-12)17-11(3)19/h4-7H,8H2,1-3H3,(H,17,19)(H,16,18,20). The zero-order chi connectivity index (χ0) is 15.4. The molecule has 0 fully saturated rings. The van der Waals surface area contributed by atoms with Gasteiger partial charge in [0, 0.05) is 17.5 Å². The molecule has 1 aromatic heterocycles. The maximum atomic E-state index is 12.0. The van der Waals surface area contributed by atoms with Gasteiger partial charge < -0.3 is 10.6 Å². The van der Waals surface area contributed by atoms with Crippen molar-refractivity contribution in [2.45, 2.75) is 27.2 Å². The predicted molar refractivity (Wildman–Crippen MR) is 84.7 cm³/mol. The monoisotopic (exact) mass is 303 g/mol. The first-order valence-corrected chi connectivity index (χ1v) is 7.36. The Morgan fingerprint density at radius 2 is 1.81 bits per heavy atom. The molecule has 2 rings (SSSR count). The fraction of sp³-hybridized carbons (Fsp3) is 0.267. The van der Waals surface area contributed by atoms with Crippen molar-refractivity contribution < 1.29 is 9.59 Å². The van der Waals surface area contributed by atoms with Crippen molar-refractivity contribution in [1.29, 1.82) is 0 Å². The first-order valence-electron chi connectivity index (χ1n) is 6.54. The molecule has 1 heterocycles. The second-order valence-electron chi connectivity index (χ2n) is 4.76. The Balaban J connectivity index is 1.94. The van der Waals surface area contributed by atoms with Gasteiger partial charge in [-0.15, -0.1) is 11.3 Å². The number of benzene rings is 1. The minimum Gasteiger partial charge on any atom is -0.326 e. The van der Waals surface area contributed by atoms with E-state index in [1.54, 1.807) is 12.1 Å². The molecule has 0 bridgehead atoms. The molecule has 0 unspecified atom stereocenters. The fourth-order valence-electron chi connectivity index (χ4n) is 1.78. The Morgan fingerprint density at radius 3 is 2.33 bits per heavy atom. The predicted octanol–water partition coefficient (Wildman–Crippen LogP) is 2.90. The molecule has 110 valence electrons. The van der Waals surface area contributed by atoms with E-state index in [2.05, 4.69) is 15.6 Å². The molecule has 6 heteroatoms. The van der Waals surface area contributed by atoms with Gasteiger partial charge in [0.1, 0.15) is 0 Å². The molecule has 21 heavy (non-hydrogen) atoms. The minimum absolute atomic E-state index is 0.101. The van der Waals surface area contributed by atoms with Crippen LogP contribution in [0.4, 0.5) is 10.8 Å². The number of amides is 2. The maximum absolute atomic E-state index is 12.0.